The lowest BCUT2D eigenvalue weighted by atomic mass is 10.2. The molecule has 0 unspecified atom stereocenters. The molecular weight excluding hydrogens is 320 g/mol. The third kappa shape index (κ3) is 3.68. The summed E-state index contributed by atoms with van der Waals surface area (Å²) in [6.07, 6.45) is 0. The summed E-state index contributed by atoms with van der Waals surface area (Å²) >= 11 is 0. The molecule has 0 spiro atoms. The molecule has 3 aromatic rings. The number of carbonyl (C=O) groups is 1. The van der Waals surface area contributed by atoms with E-state index >= 15 is 0 Å². The van der Waals surface area contributed by atoms with E-state index in [1.54, 1.807) is 41.7 Å². The highest BCUT2D eigenvalue weighted by Gasteiger charge is 2.07. The highest BCUT2D eigenvalue weighted by atomic mass is 16.5. The zero-order chi connectivity index (χ0) is 17.8. The number of esters is 1. The molecule has 0 saturated heterocycles. The SMILES string of the molecule is CCOC(=O)c1ccc(OCc2cc(=O)n3c(C)cccc3n2)cc1. The van der Waals surface area contributed by atoms with Gasteiger partial charge >= 0.3 is 5.97 Å². The Hall–Kier alpha value is -3.15. The number of carbonyl (C=O) groups excluding carboxylic acids is 1. The van der Waals surface area contributed by atoms with Crippen molar-refractivity contribution in [3.05, 3.63) is 75.8 Å². The van der Waals surface area contributed by atoms with Gasteiger partial charge in [-0.3, -0.25) is 9.20 Å². The van der Waals surface area contributed by atoms with Crippen LogP contribution in [-0.4, -0.2) is 22.0 Å². The summed E-state index contributed by atoms with van der Waals surface area (Å²) in [5.74, 6) is 0.216. The van der Waals surface area contributed by atoms with Crippen molar-refractivity contribution in [1.82, 2.24) is 9.38 Å². The standard InChI is InChI=1S/C19H18N2O4/c1-3-24-19(23)14-7-9-16(10-8-14)25-12-15-11-18(22)21-13(2)5-4-6-17(21)20-15/h4-11H,3,12H2,1-2H3. The minimum Gasteiger partial charge on any atom is -0.487 e. The topological polar surface area (TPSA) is 69.9 Å². The van der Waals surface area contributed by atoms with Gasteiger partial charge in [0, 0.05) is 11.8 Å². The highest BCUT2D eigenvalue weighted by molar-refractivity contribution is 5.89. The molecule has 2 aromatic heterocycles. The van der Waals surface area contributed by atoms with Crippen LogP contribution in [-0.2, 0) is 11.3 Å². The number of aryl methyl sites for hydroxylation is 1. The van der Waals surface area contributed by atoms with Crippen LogP contribution in [0.15, 0.2) is 53.3 Å². The van der Waals surface area contributed by atoms with E-state index in [9.17, 15) is 9.59 Å². The molecule has 0 aliphatic carbocycles. The molecule has 0 aliphatic rings. The van der Waals surface area contributed by atoms with Gasteiger partial charge in [-0.2, -0.15) is 0 Å². The summed E-state index contributed by atoms with van der Waals surface area (Å²) in [4.78, 5) is 28.3. The fourth-order valence-corrected chi connectivity index (χ4v) is 2.50. The van der Waals surface area contributed by atoms with E-state index < -0.39 is 0 Å². The van der Waals surface area contributed by atoms with Crippen LogP contribution >= 0.6 is 0 Å². The number of hydrogen-bond acceptors (Lipinski definition) is 5. The van der Waals surface area contributed by atoms with E-state index in [0.29, 0.717) is 29.3 Å². The molecule has 6 heteroatoms. The monoisotopic (exact) mass is 338 g/mol. The van der Waals surface area contributed by atoms with Gasteiger partial charge in [0.15, 0.2) is 0 Å². The molecule has 0 radical (unpaired) electrons. The lowest BCUT2D eigenvalue weighted by Gasteiger charge is -2.09. The predicted molar refractivity (Wildman–Crippen MR) is 92.9 cm³/mol. The molecule has 3 rings (SSSR count). The molecule has 0 aliphatic heterocycles. The van der Waals surface area contributed by atoms with E-state index in [1.165, 1.54) is 6.07 Å². The Kier molecular flexibility index (Phi) is 4.79. The summed E-state index contributed by atoms with van der Waals surface area (Å²) in [5, 5.41) is 0. The molecule has 1 aromatic carbocycles. The zero-order valence-corrected chi connectivity index (χ0v) is 14.1. The smallest absolute Gasteiger partial charge is 0.338 e. The molecule has 128 valence electrons. The van der Waals surface area contributed by atoms with Crippen molar-refractivity contribution in [3.8, 4) is 5.75 Å². The van der Waals surface area contributed by atoms with Crippen molar-refractivity contribution in [2.75, 3.05) is 6.61 Å². The van der Waals surface area contributed by atoms with E-state index in [2.05, 4.69) is 4.98 Å². The average molecular weight is 338 g/mol. The number of pyridine rings is 1. The van der Waals surface area contributed by atoms with Gasteiger partial charge in [-0.05, 0) is 50.2 Å². The number of hydrogen-bond donors (Lipinski definition) is 0. The Morgan fingerprint density at radius 2 is 1.92 bits per heavy atom. The van der Waals surface area contributed by atoms with Crippen molar-refractivity contribution >= 4 is 11.6 Å². The van der Waals surface area contributed by atoms with Crippen LogP contribution in [0.5, 0.6) is 5.75 Å². The zero-order valence-electron chi connectivity index (χ0n) is 14.1. The Morgan fingerprint density at radius 3 is 2.64 bits per heavy atom. The number of benzene rings is 1. The van der Waals surface area contributed by atoms with Crippen LogP contribution in [0.1, 0.15) is 28.7 Å². The van der Waals surface area contributed by atoms with Crippen LogP contribution in [0.25, 0.3) is 5.65 Å². The fourth-order valence-electron chi connectivity index (χ4n) is 2.50. The second-order valence-corrected chi connectivity index (χ2v) is 5.48. The van der Waals surface area contributed by atoms with Crippen molar-refractivity contribution in [2.45, 2.75) is 20.5 Å². The highest BCUT2D eigenvalue weighted by Crippen LogP contribution is 2.14. The molecule has 0 fully saturated rings. The van der Waals surface area contributed by atoms with Crippen LogP contribution in [0.3, 0.4) is 0 Å². The van der Waals surface area contributed by atoms with E-state index in [0.717, 1.165) is 5.69 Å². The fraction of sp³-hybridized carbons (Fsp3) is 0.211. The molecule has 0 saturated carbocycles. The van der Waals surface area contributed by atoms with Crippen molar-refractivity contribution < 1.29 is 14.3 Å². The van der Waals surface area contributed by atoms with Gasteiger partial charge in [0.1, 0.15) is 18.0 Å². The van der Waals surface area contributed by atoms with Gasteiger partial charge < -0.3 is 9.47 Å². The summed E-state index contributed by atoms with van der Waals surface area (Å²) < 4.78 is 12.1. The number of rotatable bonds is 5. The number of nitrogens with zero attached hydrogens (tertiary/aromatic N) is 2. The van der Waals surface area contributed by atoms with Gasteiger partial charge in [-0.15, -0.1) is 0 Å². The molecule has 0 amide bonds. The van der Waals surface area contributed by atoms with E-state index in [1.807, 2.05) is 19.1 Å². The lowest BCUT2D eigenvalue weighted by molar-refractivity contribution is 0.0526. The van der Waals surface area contributed by atoms with Crippen LogP contribution in [0.4, 0.5) is 0 Å². The van der Waals surface area contributed by atoms with Crippen LogP contribution in [0, 0.1) is 6.92 Å². The van der Waals surface area contributed by atoms with Crippen LogP contribution < -0.4 is 10.3 Å². The predicted octanol–water partition coefficient (Wildman–Crippen LogP) is 2.76. The number of fused-ring (bicyclic) bond motifs is 1. The Labute approximate surface area is 144 Å². The molecular formula is C19H18N2O4. The molecule has 0 atom stereocenters. The largest absolute Gasteiger partial charge is 0.487 e. The molecule has 0 bridgehead atoms. The maximum absolute atomic E-state index is 12.2. The van der Waals surface area contributed by atoms with Gasteiger partial charge in [-0.25, -0.2) is 9.78 Å². The Balaban J connectivity index is 1.74. The summed E-state index contributed by atoms with van der Waals surface area (Å²) in [5.41, 5.74) is 2.29. The van der Waals surface area contributed by atoms with Gasteiger partial charge in [0.25, 0.3) is 5.56 Å². The quantitative estimate of drug-likeness (QED) is 0.669. The third-order valence-electron chi connectivity index (χ3n) is 3.69. The first-order valence-corrected chi connectivity index (χ1v) is 7.97. The first-order chi connectivity index (χ1) is 12.1. The lowest BCUT2D eigenvalue weighted by Crippen LogP contribution is -2.18. The van der Waals surface area contributed by atoms with Crippen molar-refractivity contribution in [2.24, 2.45) is 0 Å². The molecule has 0 N–H and O–H groups in total. The van der Waals surface area contributed by atoms with E-state index in [4.69, 9.17) is 9.47 Å². The second-order valence-electron chi connectivity index (χ2n) is 5.48. The van der Waals surface area contributed by atoms with E-state index in [-0.39, 0.29) is 18.1 Å². The second kappa shape index (κ2) is 7.17. The molecule has 25 heavy (non-hydrogen) atoms. The Morgan fingerprint density at radius 1 is 1.16 bits per heavy atom. The first kappa shape index (κ1) is 16.7. The minimum atomic E-state index is -0.367. The normalized spacial score (nSPS) is 10.6. The maximum atomic E-state index is 12.2. The Bertz CT molecular complexity index is 961. The molecule has 6 nitrogen and oxygen atoms in total. The summed E-state index contributed by atoms with van der Waals surface area (Å²) in [6.45, 7) is 4.12. The van der Waals surface area contributed by atoms with Crippen molar-refractivity contribution in [1.29, 1.82) is 0 Å². The number of aromatic nitrogens is 2. The molecule has 2 heterocycles. The summed E-state index contributed by atoms with van der Waals surface area (Å²) in [6, 6.07) is 13.6. The summed E-state index contributed by atoms with van der Waals surface area (Å²) in [7, 11) is 0. The van der Waals surface area contributed by atoms with Crippen LogP contribution in [0.2, 0.25) is 0 Å². The average Bonchev–Trinajstić information content (AvgIpc) is 2.60. The number of ether oxygens (including phenoxy) is 2. The van der Waals surface area contributed by atoms with Gasteiger partial charge in [-0.1, -0.05) is 6.07 Å². The maximum Gasteiger partial charge on any atom is 0.338 e. The van der Waals surface area contributed by atoms with Gasteiger partial charge in [0.05, 0.1) is 17.9 Å². The minimum absolute atomic E-state index is 0.139. The third-order valence-corrected chi connectivity index (χ3v) is 3.69. The first-order valence-electron chi connectivity index (χ1n) is 7.97. The van der Waals surface area contributed by atoms with Crippen molar-refractivity contribution in [3.63, 3.8) is 0 Å². The van der Waals surface area contributed by atoms with Gasteiger partial charge in [0.2, 0.25) is 0 Å².